The van der Waals surface area contributed by atoms with Crippen LogP contribution in [0, 0.1) is 24.0 Å². The van der Waals surface area contributed by atoms with Crippen LogP contribution in [0.1, 0.15) is 11.1 Å². The quantitative estimate of drug-likeness (QED) is 0.648. The van der Waals surface area contributed by atoms with Crippen molar-refractivity contribution in [1.29, 1.82) is 0 Å². The molecule has 0 aromatic heterocycles. The van der Waals surface area contributed by atoms with Crippen molar-refractivity contribution in [2.24, 2.45) is 0 Å². The van der Waals surface area contributed by atoms with Crippen LogP contribution in [-0.4, -0.2) is 48.5 Å². The summed E-state index contributed by atoms with van der Waals surface area (Å²) in [6, 6.07) is 12.6. The van der Waals surface area contributed by atoms with Gasteiger partial charge in [-0.25, -0.2) is 0 Å². The van der Waals surface area contributed by atoms with Gasteiger partial charge in [0, 0.05) is 49.7 Å². The third-order valence-electron chi connectivity index (χ3n) is 4.83. The fourth-order valence-electron chi connectivity index (χ4n) is 3.21. The normalized spacial score (nSPS) is 14.8. The standard InChI is InChI=1S/C20H24N4O3/c1-15-3-4-16(2)19(13-15)21-20(25)14-22-9-11-23(12-10-22)17-5-7-18(8-6-17)24(26)27/h3-8,13H,9-12,14H2,1-2H3,(H,21,25). The number of non-ortho nitro benzene ring substituents is 1. The first kappa shape index (κ1) is 18.8. The number of nitro benzene ring substituents is 1. The number of carbonyl (C=O) groups excluding carboxylic acids is 1. The van der Waals surface area contributed by atoms with E-state index >= 15 is 0 Å². The van der Waals surface area contributed by atoms with Gasteiger partial charge in [0.2, 0.25) is 5.91 Å². The van der Waals surface area contributed by atoms with Crippen LogP contribution < -0.4 is 10.2 Å². The summed E-state index contributed by atoms with van der Waals surface area (Å²) in [5.74, 6) is -0.00696. The van der Waals surface area contributed by atoms with E-state index in [0.29, 0.717) is 6.54 Å². The van der Waals surface area contributed by atoms with E-state index in [0.717, 1.165) is 48.7 Å². The molecule has 1 saturated heterocycles. The van der Waals surface area contributed by atoms with Crippen molar-refractivity contribution >= 4 is 23.0 Å². The zero-order valence-electron chi connectivity index (χ0n) is 15.6. The maximum Gasteiger partial charge on any atom is 0.269 e. The van der Waals surface area contributed by atoms with E-state index < -0.39 is 4.92 Å². The Hall–Kier alpha value is -2.93. The number of nitro groups is 1. The van der Waals surface area contributed by atoms with Crippen molar-refractivity contribution in [1.82, 2.24) is 4.90 Å². The Kier molecular flexibility index (Phi) is 5.71. The SMILES string of the molecule is Cc1ccc(C)c(NC(=O)CN2CCN(c3ccc([N+](=O)[O-])cc3)CC2)c1. The minimum Gasteiger partial charge on any atom is -0.369 e. The molecule has 7 nitrogen and oxygen atoms in total. The van der Waals surface area contributed by atoms with Gasteiger partial charge in [0.25, 0.3) is 5.69 Å². The predicted molar refractivity (Wildman–Crippen MR) is 106 cm³/mol. The van der Waals surface area contributed by atoms with Gasteiger partial charge < -0.3 is 10.2 Å². The molecular formula is C20H24N4O3. The Morgan fingerprint density at radius 3 is 2.37 bits per heavy atom. The fraction of sp³-hybridized carbons (Fsp3) is 0.350. The number of benzene rings is 2. The van der Waals surface area contributed by atoms with Crippen molar-refractivity contribution < 1.29 is 9.72 Å². The number of hydrogen-bond donors (Lipinski definition) is 1. The highest BCUT2D eigenvalue weighted by Gasteiger charge is 2.20. The van der Waals surface area contributed by atoms with Crippen LogP contribution >= 0.6 is 0 Å². The summed E-state index contributed by atoms with van der Waals surface area (Å²) in [7, 11) is 0. The van der Waals surface area contributed by atoms with Gasteiger partial charge in [-0.1, -0.05) is 12.1 Å². The first-order valence-electron chi connectivity index (χ1n) is 9.01. The second-order valence-corrected chi connectivity index (χ2v) is 6.90. The molecule has 27 heavy (non-hydrogen) atoms. The second-order valence-electron chi connectivity index (χ2n) is 6.90. The van der Waals surface area contributed by atoms with Gasteiger partial charge in [-0.2, -0.15) is 0 Å². The summed E-state index contributed by atoms with van der Waals surface area (Å²) in [5, 5.41) is 13.8. The van der Waals surface area contributed by atoms with Crippen LogP contribution in [0.3, 0.4) is 0 Å². The molecule has 7 heteroatoms. The molecule has 0 bridgehead atoms. The average molecular weight is 368 g/mol. The smallest absolute Gasteiger partial charge is 0.269 e. The third-order valence-corrected chi connectivity index (χ3v) is 4.83. The lowest BCUT2D eigenvalue weighted by atomic mass is 10.1. The topological polar surface area (TPSA) is 78.7 Å². The molecule has 1 aliphatic rings. The fourth-order valence-corrected chi connectivity index (χ4v) is 3.21. The number of hydrogen-bond acceptors (Lipinski definition) is 5. The number of carbonyl (C=O) groups is 1. The Morgan fingerprint density at radius 1 is 1.07 bits per heavy atom. The summed E-state index contributed by atoms with van der Waals surface area (Å²) in [6.07, 6.45) is 0. The van der Waals surface area contributed by atoms with E-state index in [4.69, 9.17) is 0 Å². The van der Waals surface area contributed by atoms with Gasteiger partial charge in [0.1, 0.15) is 0 Å². The first-order chi connectivity index (χ1) is 12.9. The minimum atomic E-state index is -0.393. The molecule has 2 aromatic rings. The molecule has 0 saturated carbocycles. The molecule has 0 spiro atoms. The van der Waals surface area contributed by atoms with E-state index in [-0.39, 0.29) is 11.6 Å². The molecule has 1 aliphatic heterocycles. The monoisotopic (exact) mass is 368 g/mol. The molecule has 3 rings (SSSR count). The molecule has 1 amide bonds. The molecule has 1 heterocycles. The van der Waals surface area contributed by atoms with Crippen molar-refractivity contribution in [3.63, 3.8) is 0 Å². The van der Waals surface area contributed by atoms with Gasteiger partial charge >= 0.3 is 0 Å². The molecule has 0 radical (unpaired) electrons. The Labute approximate surface area is 158 Å². The summed E-state index contributed by atoms with van der Waals surface area (Å²) in [6.45, 7) is 7.48. The van der Waals surface area contributed by atoms with E-state index in [1.807, 2.05) is 32.0 Å². The van der Waals surface area contributed by atoms with Crippen LogP contribution in [0.2, 0.25) is 0 Å². The maximum atomic E-state index is 12.4. The van der Waals surface area contributed by atoms with Gasteiger partial charge in [-0.05, 0) is 43.2 Å². The average Bonchev–Trinajstić information content (AvgIpc) is 2.65. The predicted octanol–water partition coefficient (Wildman–Crippen LogP) is 2.97. The summed E-state index contributed by atoms with van der Waals surface area (Å²) in [4.78, 5) is 27.0. The van der Waals surface area contributed by atoms with Crippen LogP contribution in [0.25, 0.3) is 0 Å². The number of rotatable bonds is 5. The van der Waals surface area contributed by atoms with Crippen molar-refractivity contribution in [3.8, 4) is 0 Å². The van der Waals surface area contributed by atoms with E-state index in [1.165, 1.54) is 12.1 Å². The van der Waals surface area contributed by atoms with Crippen LogP contribution in [0.4, 0.5) is 17.1 Å². The molecule has 0 atom stereocenters. The molecule has 1 N–H and O–H groups in total. The van der Waals surface area contributed by atoms with E-state index in [9.17, 15) is 14.9 Å². The third kappa shape index (κ3) is 4.83. The number of nitrogens with zero attached hydrogens (tertiary/aromatic N) is 3. The number of anilines is 2. The maximum absolute atomic E-state index is 12.4. The van der Waals surface area contributed by atoms with E-state index in [1.54, 1.807) is 12.1 Å². The second kappa shape index (κ2) is 8.18. The van der Waals surface area contributed by atoms with Crippen molar-refractivity contribution in [2.75, 3.05) is 42.9 Å². The zero-order chi connectivity index (χ0) is 19.4. The van der Waals surface area contributed by atoms with Gasteiger partial charge in [-0.15, -0.1) is 0 Å². The molecule has 142 valence electrons. The van der Waals surface area contributed by atoms with Gasteiger partial charge in [0.15, 0.2) is 0 Å². The van der Waals surface area contributed by atoms with Gasteiger partial charge in [-0.3, -0.25) is 19.8 Å². The lowest BCUT2D eigenvalue weighted by Crippen LogP contribution is -2.48. The summed E-state index contributed by atoms with van der Waals surface area (Å²) < 4.78 is 0. The Bertz CT molecular complexity index is 828. The lowest BCUT2D eigenvalue weighted by molar-refractivity contribution is -0.384. The number of aryl methyl sites for hydroxylation is 2. The largest absolute Gasteiger partial charge is 0.369 e. The van der Waals surface area contributed by atoms with Crippen LogP contribution in [0.5, 0.6) is 0 Å². The highest BCUT2D eigenvalue weighted by Crippen LogP contribution is 2.21. The molecule has 2 aromatic carbocycles. The number of nitrogens with one attached hydrogen (secondary N) is 1. The molecular weight excluding hydrogens is 344 g/mol. The van der Waals surface area contributed by atoms with Crippen LogP contribution in [-0.2, 0) is 4.79 Å². The highest BCUT2D eigenvalue weighted by atomic mass is 16.6. The molecule has 1 fully saturated rings. The van der Waals surface area contributed by atoms with E-state index in [2.05, 4.69) is 15.1 Å². The molecule has 0 unspecified atom stereocenters. The number of piperazine rings is 1. The Balaban J connectivity index is 1.51. The minimum absolute atomic E-state index is 0.00696. The summed E-state index contributed by atoms with van der Waals surface area (Å²) >= 11 is 0. The lowest BCUT2D eigenvalue weighted by Gasteiger charge is -2.35. The van der Waals surface area contributed by atoms with Crippen molar-refractivity contribution in [2.45, 2.75) is 13.8 Å². The zero-order valence-corrected chi connectivity index (χ0v) is 15.6. The first-order valence-corrected chi connectivity index (χ1v) is 9.01. The number of amides is 1. The van der Waals surface area contributed by atoms with Crippen LogP contribution in [0.15, 0.2) is 42.5 Å². The van der Waals surface area contributed by atoms with Gasteiger partial charge in [0.05, 0.1) is 11.5 Å². The molecule has 0 aliphatic carbocycles. The Morgan fingerprint density at radius 2 is 1.74 bits per heavy atom. The van der Waals surface area contributed by atoms with Crippen molar-refractivity contribution in [3.05, 3.63) is 63.7 Å². The summed E-state index contributed by atoms with van der Waals surface area (Å²) in [5.41, 5.74) is 4.11. The highest BCUT2D eigenvalue weighted by molar-refractivity contribution is 5.93.